The van der Waals surface area contributed by atoms with Crippen molar-refractivity contribution in [2.24, 2.45) is 7.05 Å². The number of imidazole rings is 1. The van der Waals surface area contributed by atoms with Crippen molar-refractivity contribution in [2.75, 3.05) is 26.3 Å². The number of aryl methyl sites for hydroxylation is 1. The lowest BCUT2D eigenvalue weighted by molar-refractivity contribution is 0.0696. The van der Waals surface area contributed by atoms with E-state index in [1.807, 2.05) is 30.7 Å². The summed E-state index contributed by atoms with van der Waals surface area (Å²) >= 11 is 5.94. The van der Waals surface area contributed by atoms with E-state index in [4.69, 9.17) is 30.8 Å². The Morgan fingerprint density at radius 1 is 1.17 bits per heavy atom. The van der Waals surface area contributed by atoms with Gasteiger partial charge in [0.2, 0.25) is 0 Å². The zero-order valence-electron chi connectivity index (χ0n) is 22.9. The lowest BCUT2D eigenvalue weighted by Gasteiger charge is -2.35. The molecule has 0 amide bonds. The molecule has 214 valence electrons. The predicted octanol–water partition coefficient (Wildman–Crippen LogP) is 6.35. The lowest BCUT2D eigenvalue weighted by Crippen LogP contribution is -2.33. The first-order valence-corrected chi connectivity index (χ1v) is 14.1. The van der Waals surface area contributed by atoms with Gasteiger partial charge in [-0.1, -0.05) is 29.8 Å². The number of rotatable bonds is 7. The van der Waals surface area contributed by atoms with Crippen molar-refractivity contribution in [3.63, 3.8) is 0 Å². The molecule has 8 nitrogen and oxygen atoms in total. The largest absolute Gasteiger partial charge is 0.492 e. The topological polar surface area (TPSA) is 86.1 Å². The van der Waals surface area contributed by atoms with Gasteiger partial charge in [0.1, 0.15) is 29.5 Å². The molecule has 0 saturated carbocycles. The maximum absolute atomic E-state index is 14.6. The van der Waals surface area contributed by atoms with Crippen LogP contribution in [0.2, 0.25) is 5.02 Å². The van der Waals surface area contributed by atoms with Crippen LogP contribution in [0.4, 0.5) is 4.39 Å². The van der Waals surface area contributed by atoms with E-state index in [2.05, 4.69) is 11.0 Å². The predicted molar refractivity (Wildman–Crippen MR) is 153 cm³/mol. The fourth-order valence-corrected chi connectivity index (χ4v) is 5.95. The number of piperidine rings is 1. The van der Waals surface area contributed by atoms with Gasteiger partial charge in [-0.15, -0.1) is 0 Å². The summed E-state index contributed by atoms with van der Waals surface area (Å²) in [5, 5.41) is 9.89. The smallest absolute Gasteiger partial charge is 0.335 e. The molecule has 10 heteroatoms. The van der Waals surface area contributed by atoms with E-state index < -0.39 is 17.9 Å². The van der Waals surface area contributed by atoms with E-state index in [9.17, 15) is 14.3 Å². The molecule has 1 aromatic heterocycles. The quantitative estimate of drug-likeness (QED) is 0.273. The second kappa shape index (κ2) is 11.2. The molecular weight excluding hydrogens is 549 g/mol. The van der Waals surface area contributed by atoms with Gasteiger partial charge in [0.25, 0.3) is 0 Å². The number of fused-ring (bicyclic) bond motifs is 2. The van der Waals surface area contributed by atoms with Gasteiger partial charge in [0, 0.05) is 23.2 Å². The summed E-state index contributed by atoms with van der Waals surface area (Å²) in [5.74, 6) is 1.56. The fourth-order valence-electron chi connectivity index (χ4n) is 5.79. The van der Waals surface area contributed by atoms with Gasteiger partial charge in [0.05, 0.1) is 24.2 Å². The Balaban J connectivity index is 1.18. The van der Waals surface area contributed by atoms with Gasteiger partial charge in [0.15, 0.2) is 17.6 Å². The molecule has 1 saturated heterocycles. The molecule has 0 unspecified atom stereocenters. The number of hydrogen-bond acceptors (Lipinski definition) is 6. The molecule has 0 bridgehead atoms. The molecular formula is C31H31ClFN3O5. The maximum Gasteiger partial charge on any atom is 0.335 e. The molecule has 41 heavy (non-hydrogen) atoms. The number of nitrogens with zero attached hydrogens (tertiary/aromatic N) is 3. The first-order chi connectivity index (χ1) is 19.8. The SMILES string of the molecule is CCOc1cc(C(=O)O)cc2c1nc(CN1CCC(c3cccc4c3O[C@H](c3ccc(Cl)cc3F)CO4)CC1)n2C. The molecule has 1 fully saturated rings. The number of carbonyl (C=O) groups is 1. The first kappa shape index (κ1) is 27.4. The number of likely N-dealkylation sites (tertiary alicyclic amines) is 1. The van der Waals surface area contributed by atoms with Crippen molar-refractivity contribution in [1.29, 1.82) is 0 Å². The van der Waals surface area contributed by atoms with Crippen LogP contribution in [0.3, 0.4) is 0 Å². The maximum atomic E-state index is 14.6. The van der Waals surface area contributed by atoms with Gasteiger partial charge in [-0.05, 0) is 69.1 Å². The van der Waals surface area contributed by atoms with Gasteiger partial charge < -0.3 is 23.9 Å². The number of carboxylic acid groups (broad SMARTS) is 1. The van der Waals surface area contributed by atoms with E-state index in [1.54, 1.807) is 18.2 Å². The van der Waals surface area contributed by atoms with Crippen molar-refractivity contribution in [2.45, 2.75) is 38.3 Å². The number of benzene rings is 3. The highest BCUT2D eigenvalue weighted by Crippen LogP contribution is 2.45. The minimum Gasteiger partial charge on any atom is -0.492 e. The van der Waals surface area contributed by atoms with Crippen molar-refractivity contribution in [3.05, 3.63) is 81.9 Å². The third-order valence-electron chi connectivity index (χ3n) is 7.95. The van der Waals surface area contributed by atoms with Crippen LogP contribution in [0.25, 0.3) is 11.0 Å². The lowest BCUT2D eigenvalue weighted by atomic mass is 9.88. The summed E-state index contributed by atoms with van der Waals surface area (Å²) in [6.45, 7) is 4.86. The molecule has 1 N–H and O–H groups in total. The van der Waals surface area contributed by atoms with Crippen LogP contribution in [0.15, 0.2) is 48.5 Å². The molecule has 2 aliphatic rings. The Morgan fingerprint density at radius 2 is 1.98 bits per heavy atom. The number of hydrogen-bond donors (Lipinski definition) is 1. The van der Waals surface area contributed by atoms with Crippen molar-refractivity contribution in [3.8, 4) is 17.2 Å². The first-order valence-electron chi connectivity index (χ1n) is 13.8. The van der Waals surface area contributed by atoms with E-state index >= 15 is 0 Å². The number of aromatic nitrogens is 2. The zero-order chi connectivity index (χ0) is 28.7. The molecule has 6 rings (SSSR count). The summed E-state index contributed by atoms with van der Waals surface area (Å²) < 4.78 is 34.7. The summed E-state index contributed by atoms with van der Waals surface area (Å²) in [6.07, 6.45) is 1.27. The average Bonchev–Trinajstić information content (AvgIpc) is 3.28. The van der Waals surface area contributed by atoms with Crippen LogP contribution in [-0.2, 0) is 13.6 Å². The Labute approximate surface area is 242 Å². The van der Waals surface area contributed by atoms with Crippen LogP contribution < -0.4 is 14.2 Å². The Bertz CT molecular complexity index is 1620. The minimum atomic E-state index is -1.00. The minimum absolute atomic E-state index is 0.176. The monoisotopic (exact) mass is 579 g/mol. The van der Waals surface area contributed by atoms with Crippen LogP contribution in [0.5, 0.6) is 17.2 Å². The highest BCUT2D eigenvalue weighted by atomic mass is 35.5. The summed E-state index contributed by atoms with van der Waals surface area (Å²) in [4.78, 5) is 18.9. The second-order valence-corrected chi connectivity index (χ2v) is 10.9. The van der Waals surface area contributed by atoms with Gasteiger partial charge >= 0.3 is 5.97 Å². The molecule has 3 heterocycles. The zero-order valence-corrected chi connectivity index (χ0v) is 23.7. The van der Waals surface area contributed by atoms with E-state index in [0.717, 1.165) is 42.8 Å². The highest BCUT2D eigenvalue weighted by Gasteiger charge is 2.31. The summed E-state index contributed by atoms with van der Waals surface area (Å²) in [6, 6.07) is 13.7. The van der Waals surface area contributed by atoms with Gasteiger partial charge in [-0.2, -0.15) is 0 Å². The van der Waals surface area contributed by atoms with Gasteiger partial charge in [-0.3, -0.25) is 4.90 Å². The molecule has 0 spiro atoms. The van der Waals surface area contributed by atoms with Crippen molar-refractivity contribution >= 4 is 28.6 Å². The second-order valence-electron chi connectivity index (χ2n) is 10.5. The van der Waals surface area contributed by atoms with Crippen LogP contribution in [0.1, 0.15) is 59.1 Å². The number of ether oxygens (including phenoxy) is 3. The number of halogens is 2. The van der Waals surface area contributed by atoms with E-state index in [0.29, 0.717) is 46.5 Å². The van der Waals surface area contributed by atoms with E-state index in [1.165, 1.54) is 12.1 Å². The fraction of sp³-hybridized carbons (Fsp3) is 0.355. The number of para-hydroxylation sites is 1. The van der Waals surface area contributed by atoms with E-state index in [-0.39, 0.29) is 18.1 Å². The Kier molecular flexibility index (Phi) is 7.48. The molecule has 2 aliphatic heterocycles. The van der Waals surface area contributed by atoms with Crippen LogP contribution >= 0.6 is 11.6 Å². The number of carboxylic acids is 1. The van der Waals surface area contributed by atoms with Crippen LogP contribution in [-0.4, -0.2) is 51.8 Å². The molecule has 1 atom stereocenters. The molecule has 3 aromatic carbocycles. The van der Waals surface area contributed by atoms with Crippen molar-refractivity contribution < 1.29 is 28.5 Å². The van der Waals surface area contributed by atoms with Crippen molar-refractivity contribution in [1.82, 2.24) is 14.5 Å². The van der Waals surface area contributed by atoms with Gasteiger partial charge in [-0.25, -0.2) is 14.2 Å². The highest BCUT2D eigenvalue weighted by molar-refractivity contribution is 6.30. The molecule has 0 aliphatic carbocycles. The third kappa shape index (κ3) is 5.31. The standard InChI is InChI=1S/C31H31ClFN3O5/c1-3-39-26-14-19(31(37)38)13-24-29(26)34-28(35(24)2)16-36-11-9-18(10-12-36)21-5-4-6-25-30(21)41-27(17-40-25)22-8-7-20(32)15-23(22)33/h4-8,13-15,18,27H,3,9-12,16-17H2,1-2H3,(H,37,38)/t27-/m0/s1. The Morgan fingerprint density at radius 3 is 2.71 bits per heavy atom. The third-order valence-corrected chi connectivity index (χ3v) is 8.19. The molecule has 4 aromatic rings. The Hall–Kier alpha value is -3.82. The summed E-state index contributed by atoms with van der Waals surface area (Å²) in [7, 11) is 1.91. The average molecular weight is 580 g/mol. The molecule has 0 radical (unpaired) electrons. The number of aromatic carboxylic acids is 1. The van der Waals surface area contributed by atoms with Crippen LogP contribution in [0, 0.1) is 5.82 Å². The summed E-state index contributed by atoms with van der Waals surface area (Å²) in [5.41, 5.74) is 3.08. The normalized spacial score (nSPS) is 17.6.